The van der Waals surface area contributed by atoms with E-state index in [1.54, 1.807) is 42.5 Å². The van der Waals surface area contributed by atoms with Crippen LogP contribution in [0.2, 0.25) is 0 Å². The van der Waals surface area contributed by atoms with Gasteiger partial charge in [-0.3, -0.25) is 4.79 Å². The molecule has 1 N–H and O–H groups in total. The van der Waals surface area contributed by atoms with Crippen LogP contribution >= 0.6 is 0 Å². The van der Waals surface area contributed by atoms with Crippen LogP contribution in [0.3, 0.4) is 0 Å². The van der Waals surface area contributed by atoms with Crippen molar-refractivity contribution in [3.05, 3.63) is 108 Å². The first kappa shape index (κ1) is 23.8. The Morgan fingerprint density at radius 2 is 1.66 bits per heavy atom. The molecule has 0 aliphatic heterocycles. The second-order valence-electron chi connectivity index (χ2n) is 7.54. The Bertz CT molecular complexity index is 1460. The number of hydrogen-bond donors (Lipinski definition) is 1. The first-order valence-corrected chi connectivity index (χ1v) is 12.0. The van der Waals surface area contributed by atoms with E-state index in [4.69, 9.17) is 8.92 Å². The Morgan fingerprint density at radius 3 is 2.37 bits per heavy atom. The van der Waals surface area contributed by atoms with Crippen molar-refractivity contribution < 1.29 is 22.1 Å². The van der Waals surface area contributed by atoms with Gasteiger partial charge in [-0.05, 0) is 55.5 Å². The number of rotatable bonds is 8. The Balaban J connectivity index is 1.58. The van der Waals surface area contributed by atoms with Crippen molar-refractivity contribution in [3.8, 4) is 17.2 Å². The van der Waals surface area contributed by atoms with Crippen LogP contribution in [0.25, 0.3) is 5.69 Å². The van der Waals surface area contributed by atoms with Crippen LogP contribution in [-0.4, -0.2) is 32.2 Å². The van der Waals surface area contributed by atoms with Gasteiger partial charge < -0.3 is 13.5 Å². The van der Waals surface area contributed by atoms with E-state index >= 15 is 0 Å². The van der Waals surface area contributed by atoms with Gasteiger partial charge in [0.1, 0.15) is 4.90 Å². The van der Waals surface area contributed by atoms with E-state index in [0.717, 1.165) is 5.56 Å². The number of amides is 1. The maximum Gasteiger partial charge on any atom is 0.339 e. The SMILES string of the molecule is COc1cccc(/C=N/NC(=O)c2ccccc2-n2cccc2)c1OS(=O)(=O)c1ccc(C)cc1. The highest BCUT2D eigenvalue weighted by atomic mass is 32.2. The number of benzene rings is 3. The van der Waals surface area contributed by atoms with Gasteiger partial charge in [0, 0.05) is 18.0 Å². The van der Waals surface area contributed by atoms with Crippen LogP contribution in [0.5, 0.6) is 11.5 Å². The van der Waals surface area contributed by atoms with Crippen LogP contribution < -0.4 is 14.3 Å². The zero-order chi connectivity index (χ0) is 24.8. The summed E-state index contributed by atoms with van der Waals surface area (Å²) in [5.74, 6) is -0.265. The van der Waals surface area contributed by atoms with E-state index in [2.05, 4.69) is 10.5 Å². The van der Waals surface area contributed by atoms with Crippen molar-refractivity contribution in [3.63, 3.8) is 0 Å². The summed E-state index contributed by atoms with van der Waals surface area (Å²) in [7, 11) is -2.73. The molecule has 0 unspecified atom stereocenters. The van der Waals surface area contributed by atoms with Gasteiger partial charge >= 0.3 is 10.1 Å². The largest absolute Gasteiger partial charge is 0.493 e. The second kappa shape index (κ2) is 10.3. The number of carbonyl (C=O) groups excluding carboxylic acids is 1. The van der Waals surface area contributed by atoms with Crippen molar-refractivity contribution >= 4 is 22.2 Å². The van der Waals surface area contributed by atoms with Gasteiger partial charge in [-0.15, -0.1) is 0 Å². The van der Waals surface area contributed by atoms with Gasteiger partial charge in [-0.25, -0.2) is 5.43 Å². The van der Waals surface area contributed by atoms with E-state index in [-0.39, 0.29) is 16.4 Å². The maximum absolute atomic E-state index is 12.9. The first-order valence-electron chi connectivity index (χ1n) is 10.6. The topological polar surface area (TPSA) is 99.0 Å². The average Bonchev–Trinajstić information content (AvgIpc) is 3.40. The molecule has 0 fully saturated rings. The number of para-hydroxylation sites is 2. The first-order chi connectivity index (χ1) is 16.9. The van der Waals surface area contributed by atoms with Crippen molar-refractivity contribution in [1.29, 1.82) is 0 Å². The Labute approximate surface area is 203 Å². The number of ether oxygens (including phenoxy) is 1. The lowest BCUT2D eigenvalue weighted by Gasteiger charge is -2.13. The highest BCUT2D eigenvalue weighted by Crippen LogP contribution is 2.32. The average molecular weight is 490 g/mol. The molecule has 0 bridgehead atoms. The zero-order valence-electron chi connectivity index (χ0n) is 19.1. The summed E-state index contributed by atoms with van der Waals surface area (Å²) in [6.07, 6.45) is 4.98. The zero-order valence-corrected chi connectivity index (χ0v) is 19.9. The molecule has 0 saturated heterocycles. The normalized spacial score (nSPS) is 11.4. The summed E-state index contributed by atoms with van der Waals surface area (Å²) < 4.78 is 38.3. The van der Waals surface area contributed by atoms with Crippen LogP contribution in [0, 0.1) is 6.92 Å². The van der Waals surface area contributed by atoms with Crippen molar-refractivity contribution in [2.24, 2.45) is 5.10 Å². The molecule has 9 heteroatoms. The molecule has 4 rings (SSSR count). The molecule has 3 aromatic carbocycles. The highest BCUT2D eigenvalue weighted by molar-refractivity contribution is 7.87. The van der Waals surface area contributed by atoms with Crippen molar-refractivity contribution in [2.75, 3.05) is 7.11 Å². The molecule has 0 atom stereocenters. The molecule has 1 heterocycles. The molecule has 4 aromatic rings. The van der Waals surface area contributed by atoms with E-state index in [9.17, 15) is 13.2 Å². The third kappa shape index (κ3) is 5.42. The minimum Gasteiger partial charge on any atom is -0.493 e. The third-order valence-corrected chi connectivity index (χ3v) is 6.37. The number of aryl methyl sites for hydroxylation is 1. The van der Waals surface area contributed by atoms with Crippen LogP contribution in [-0.2, 0) is 10.1 Å². The fourth-order valence-corrected chi connectivity index (χ4v) is 4.32. The van der Waals surface area contributed by atoms with Gasteiger partial charge in [0.15, 0.2) is 11.5 Å². The van der Waals surface area contributed by atoms with Gasteiger partial charge in [0.25, 0.3) is 5.91 Å². The standard InChI is InChI=1S/C26H23N3O5S/c1-19-12-14-21(15-13-19)35(31,32)34-25-20(8-7-11-24(25)33-2)18-27-28-26(30)22-9-3-4-10-23(22)29-16-5-6-17-29/h3-18H,1-2H3,(H,28,30)/b27-18+. The van der Waals surface area contributed by atoms with E-state index in [0.29, 0.717) is 16.8 Å². The molecule has 0 saturated carbocycles. The molecule has 8 nitrogen and oxygen atoms in total. The Morgan fingerprint density at radius 1 is 0.943 bits per heavy atom. The van der Waals surface area contributed by atoms with Gasteiger partial charge in [-0.2, -0.15) is 13.5 Å². The number of methoxy groups -OCH3 is 1. The molecular formula is C26H23N3O5S. The summed E-state index contributed by atoms with van der Waals surface area (Å²) in [5.41, 5.74) is 4.83. The smallest absolute Gasteiger partial charge is 0.339 e. The highest BCUT2D eigenvalue weighted by Gasteiger charge is 2.21. The monoisotopic (exact) mass is 489 g/mol. The fraction of sp³-hybridized carbons (Fsp3) is 0.0769. The lowest BCUT2D eigenvalue weighted by molar-refractivity contribution is 0.0955. The molecule has 0 aliphatic carbocycles. The predicted molar refractivity (Wildman–Crippen MR) is 133 cm³/mol. The van der Waals surface area contributed by atoms with E-state index in [1.165, 1.54) is 25.5 Å². The lowest BCUT2D eigenvalue weighted by Crippen LogP contribution is -2.19. The second-order valence-corrected chi connectivity index (χ2v) is 9.08. The molecular weight excluding hydrogens is 466 g/mol. The summed E-state index contributed by atoms with van der Waals surface area (Å²) in [6.45, 7) is 1.86. The van der Waals surface area contributed by atoms with Crippen LogP contribution in [0.1, 0.15) is 21.5 Å². The maximum atomic E-state index is 12.9. The summed E-state index contributed by atoms with van der Waals surface area (Å²) in [4.78, 5) is 12.8. The molecule has 0 radical (unpaired) electrons. The molecule has 178 valence electrons. The molecule has 0 spiro atoms. The number of nitrogens with one attached hydrogen (secondary N) is 1. The van der Waals surface area contributed by atoms with Gasteiger partial charge in [0.2, 0.25) is 0 Å². The Hall–Kier alpha value is -4.37. The number of hydrazone groups is 1. The quantitative estimate of drug-likeness (QED) is 0.226. The predicted octanol–water partition coefficient (Wildman–Crippen LogP) is 4.33. The summed E-state index contributed by atoms with van der Waals surface area (Å²) >= 11 is 0. The number of nitrogens with zero attached hydrogens (tertiary/aromatic N) is 2. The number of carbonyl (C=O) groups is 1. The van der Waals surface area contributed by atoms with E-state index in [1.807, 2.05) is 48.1 Å². The van der Waals surface area contributed by atoms with Crippen molar-refractivity contribution in [1.82, 2.24) is 9.99 Å². The fourth-order valence-electron chi connectivity index (χ4n) is 3.35. The van der Waals surface area contributed by atoms with Crippen molar-refractivity contribution in [2.45, 2.75) is 11.8 Å². The number of aromatic nitrogens is 1. The number of hydrogen-bond acceptors (Lipinski definition) is 6. The minimum atomic E-state index is -4.13. The van der Waals surface area contributed by atoms with E-state index < -0.39 is 16.0 Å². The van der Waals surface area contributed by atoms with Crippen LogP contribution in [0.4, 0.5) is 0 Å². The minimum absolute atomic E-state index is 0.00631. The van der Waals surface area contributed by atoms with Crippen LogP contribution in [0.15, 0.2) is 101 Å². The van der Waals surface area contributed by atoms with Gasteiger partial charge in [-0.1, -0.05) is 35.9 Å². The molecule has 0 aliphatic rings. The van der Waals surface area contributed by atoms with Gasteiger partial charge in [0.05, 0.1) is 24.6 Å². The third-order valence-electron chi connectivity index (χ3n) is 5.13. The molecule has 1 amide bonds. The molecule has 35 heavy (non-hydrogen) atoms. The molecule has 1 aromatic heterocycles. The summed E-state index contributed by atoms with van der Waals surface area (Å²) in [5, 5.41) is 4.03. The summed E-state index contributed by atoms with van der Waals surface area (Å²) in [6, 6.07) is 22.0. The lowest BCUT2D eigenvalue weighted by atomic mass is 10.1. The Kier molecular flexibility index (Phi) is 6.98.